The van der Waals surface area contributed by atoms with Gasteiger partial charge in [0.05, 0.1) is 0 Å². The number of hydrogen-bond acceptors (Lipinski definition) is 3. The molecule has 0 amide bonds. The molecule has 0 saturated carbocycles. The van der Waals surface area contributed by atoms with Gasteiger partial charge in [0, 0.05) is 12.4 Å². The van der Waals surface area contributed by atoms with Crippen molar-refractivity contribution >= 4 is 17.4 Å². The second kappa shape index (κ2) is 3.78. The highest BCUT2D eigenvalue weighted by molar-refractivity contribution is 6.31. The molecule has 72 valence electrons. The van der Waals surface area contributed by atoms with Crippen LogP contribution in [0.1, 0.15) is 0 Å². The molecule has 13 heavy (non-hydrogen) atoms. The van der Waals surface area contributed by atoms with Gasteiger partial charge in [-0.25, -0.2) is 9.97 Å². The van der Waals surface area contributed by atoms with Gasteiger partial charge in [-0.15, -0.1) is 0 Å². The largest absolute Gasteiger partial charge is 0.405 e. The van der Waals surface area contributed by atoms with Gasteiger partial charge in [0.2, 0.25) is 0 Å². The molecule has 0 atom stereocenters. The molecule has 0 aliphatic rings. The molecule has 0 unspecified atom stereocenters. The van der Waals surface area contributed by atoms with Crippen LogP contribution in [0.5, 0.6) is 0 Å². The average Bonchev–Trinajstić information content (AvgIpc) is 2.01. The Morgan fingerprint density at radius 3 is 2.46 bits per heavy atom. The smallest absolute Gasteiger partial charge is 0.359 e. The van der Waals surface area contributed by atoms with Crippen molar-refractivity contribution in [3.05, 3.63) is 17.5 Å². The summed E-state index contributed by atoms with van der Waals surface area (Å²) in [6.07, 6.45) is -1.74. The summed E-state index contributed by atoms with van der Waals surface area (Å²) < 4.78 is 35.2. The number of nitrogens with one attached hydrogen (secondary N) is 1. The van der Waals surface area contributed by atoms with E-state index < -0.39 is 12.7 Å². The summed E-state index contributed by atoms with van der Waals surface area (Å²) in [6.45, 7) is -1.18. The Bertz CT molecular complexity index is 289. The van der Waals surface area contributed by atoms with Crippen LogP contribution in [-0.4, -0.2) is 22.7 Å². The monoisotopic (exact) mass is 211 g/mol. The lowest BCUT2D eigenvalue weighted by Crippen LogP contribution is -2.22. The van der Waals surface area contributed by atoms with Crippen LogP contribution in [-0.2, 0) is 0 Å². The number of rotatable bonds is 2. The van der Waals surface area contributed by atoms with Crippen molar-refractivity contribution in [3.8, 4) is 0 Å². The average molecular weight is 212 g/mol. The van der Waals surface area contributed by atoms with Crippen LogP contribution in [0.15, 0.2) is 12.4 Å². The maximum Gasteiger partial charge on any atom is 0.405 e. The Morgan fingerprint density at radius 2 is 1.92 bits per heavy atom. The lowest BCUT2D eigenvalue weighted by atomic mass is 10.6. The van der Waals surface area contributed by atoms with E-state index in [0.29, 0.717) is 0 Å². The fourth-order valence-corrected chi connectivity index (χ4v) is 0.796. The highest BCUT2D eigenvalue weighted by Crippen LogP contribution is 2.18. The van der Waals surface area contributed by atoms with E-state index in [-0.39, 0.29) is 11.0 Å². The molecule has 0 fully saturated rings. The molecule has 7 heteroatoms. The molecule has 0 aromatic carbocycles. The number of aromatic nitrogens is 2. The summed E-state index contributed by atoms with van der Waals surface area (Å²) in [7, 11) is 0. The molecule has 1 aromatic rings. The summed E-state index contributed by atoms with van der Waals surface area (Å²) in [5, 5.41) is 1.95. The molecule has 1 rings (SSSR count). The lowest BCUT2D eigenvalue weighted by Gasteiger charge is -2.08. The second-order valence-corrected chi connectivity index (χ2v) is 2.52. The van der Waals surface area contributed by atoms with Crippen molar-refractivity contribution in [2.24, 2.45) is 0 Å². The van der Waals surface area contributed by atoms with Crippen molar-refractivity contribution in [1.82, 2.24) is 9.97 Å². The highest BCUT2D eigenvalue weighted by atomic mass is 35.5. The summed E-state index contributed by atoms with van der Waals surface area (Å²) in [5.41, 5.74) is 0. The number of hydrogen-bond donors (Lipinski definition) is 1. The topological polar surface area (TPSA) is 37.8 Å². The minimum atomic E-state index is -4.29. The molecule has 0 spiro atoms. The fourth-order valence-electron chi connectivity index (χ4n) is 0.624. The zero-order chi connectivity index (χ0) is 9.90. The first kappa shape index (κ1) is 10.0. The van der Waals surface area contributed by atoms with Crippen LogP contribution in [0.3, 0.4) is 0 Å². The van der Waals surface area contributed by atoms with Crippen LogP contribution in [0.4, 0.5) is 19.0 Å². The SMILES string of the molecule is FC(F)(F)CNc1nccnc1Cl. The zero-order valence-corrected chi connectivity index (χ0v) is 7.02. The van der Waals surface area contributed by atoms with Crippen molar-refractivity contribution in [3.63, 3.8) is 0 Å². The molecule has 1 heterocycles. The predicted molar refractivity (Wildman–Crippen MR) is 41.6 cm³/mol. The molecule has 0 aliphatic carbocycles. The van der Waals surface area contributed by atoms with Gasteiger partial charge in [-0.2, -0.15) is 13.2 Å². The van der Waals surface area contributed by atoms with Gasteiger partial charge in [-0.3, -0.25) is 0 Å². The fraction of sp³-hybridized carbons (Fsp3) is 0.333. The Balaban J connectivity index is 2.60. The van der Waals surface area contributed by atoms with Gasteiger partial charge in [-0.1, -0.05) is 11.6 Å². The van der Waals surface area contributed by atoms with E-state index in [2.05, 4.69) is 9.97 Å². The normalized spacial score (nSPS) is 11.4. The molecule has 0 radical (unpaired) electrons. The van der Waals surface area contributed by atoms with Crippen LogP contribution >= 0.6 is 11.6 Å². The van der Waals surface area contributed by atoms with E-state index in [1.165, 1.54) is 12.4 Å². The molecular weight excluding hydrogens is 207 g/mol. The standard InChI is InChI=1S/C6H5ClF3N3/c7-4-5(12-2-1-11-4)13-3-6(8,9)10/h1-2H,3H2,(H,12,13). The minimum Gasteiger partial charge on any atom is -0.359 e. The summed E-state index contributed by atoms with van der Waals surface area (Å²) in [4.78, 5) is 7.13. The Labute approximate surface area is 77.0 Å². The van der Waals surface area contributed by atoms with Crippen molar-refractivity contribution < 1.29 is 13.2 Å². The quantitative estimate of drug-likeness (QED) is 0.814. The van der Waals surface area contributed by atoms with Gasteiger partial charge in [-0.05, 0) is 0 Å². The third-order valence-corrected chi connectivity index (χ3v) is 1.39. The first-order chi connectivity index (χ1) is 5.99. The number of anilines is 1. The zero-order valence-electron chi connectivity index (χ0n) is 6.27. The maximum atomic E-state index is 11.7. The van der Waals surface area contributed by atoms with Gasteiger partial charge >= 0.3 is 6.18 Å². The molecule has 1 N–H and O–H groups in total. The predicted octanol–water partition coefficient (Wildman–Crippen LogP) is 2.10. The number of nitrogens with zero attached hydrogens (tertiary/aromatic N) is 2. The molecule has 3 nitrogen and oxygen atoms in total. The molecule has 0 saturated heterocycles. The van der Waals surface area contributed by atoms with E-state index in [1.807, 2.05) is 5.32 Å². The van der Waals surface area contributed by atoms with E-state index in [0.717, 1.165) is 0 Å². The first-order valence-electron chi connectivity index (χ1n) is 3.26. The minimum absolute atomic E-state index is 0.0681. The number of halogens is 4. The Hall–Kier alpha value is -1.04. The Morgan fingerprint density at radius 1 is 1.31 bits per heavy atom. The molecular formula is C6H5ClF3N3. The van der Waals surface area contributed by atoms with E-state index in [9.17, 15) is 13.2 Å². The van der Waals surface area contributed by atoms with Crippen molar-refractivity contribution in [1.29, 1.82) is 0 Å². The highest BCUT2D eigenvalue weighted by Gasteiger charge is 2.27. The third-order valence-electron chi connectivity index (χ3n) is 1.11. The maximum absolute atomic E-state index is 11.7. The van der Waals surface area contributed by atoms with Gasteiger partial charge < -0.3 is 5.32 Å². The third kappa shape index (κ3) is 3.45. The van der Waals surface area contributed by atoms with E-state index in [1.54, 1.807) is 0 Å². The lowest BCUT2D eigenvalue weighted by molar-refractivity contribution is -0.115. The molecule has 1 aromatic heterocycles. The van der Waals surface area contributed by atoms with Crippen molar-refractivity contribution in [2.45, 2.75) is 6.18 Å². The molecule has 0 aliphatic heterocycles. The van der Waals surface area contributed by atoms with Crippen molar-refractivity contribution in [2.75, 3.05) is 11.9 Å². The van der Waals surface area contributed by atoms with Crippen LogP contribution in [0.2, 0.25) is 5.15 Å². The van der Waals surface area contributed by atoms with Gasteiger partial charge in [0.15, 0.2) is 11.0 Å². The van der Waals surface area contributed by atoms with Crippen LogP contribution in [0, 0.1) is 0 Å². The first-order valence-corrected chi connectivity index (χ1v) is 3.64. The van der Waals surface area contributed by atoms with E-state index in [4.69, 9.17) is 11.6 Å². The second-order valence-electron chi connectivity index (χ2n) is 2.16. The summed E-state index contributed by atoms with van der Waals surface area (Å²) >= 11 is 5.45. The van der Waals surface area contributed by atoms with Crippen LogP contribution in [0.25, 0.3) is 0 Å². The van der Waals surface area contributed by atoms with Gasteiger partial charge in [0.1, 0.15) is 6.54 Å². The van der Waals surface area contributed by atoms with Crippen LogP contribution < -0.4 is 5.32 Å². The summed E-state index contributed by atoms with van der Waals surface area (Å²) in [6, 6.07) is 0. The molecule has 0 bridgehead atoms. The Kier molecular flexibility index (Phi) is 2.92. The number of alkyl halides is 3. The van der Waals surface area contributed by atoms with Gasteiger partial charge in [0.25, 0.3) is 0 Å². The summed E-state index contributed by atoms with van der Waals surface area (Å²) in [5.74, 6) is -0.0681. The van der Waals surface area contributed by atoms with E-state index >= 15 is 0 Å².